The first-order chi connectivity index (χ1) is 12.6. The van der Waals surface area contributed by atoms with Crippen LogP contribution in [0.25, 0.3) is 0 Å². The molecule has 1 aromatic carbocycles. The smallest absolute Gasteiger partial charge is 0.243 e. The number of hydrogen-bond donors (Lipinski definition) is 0. The van der Waals surface area contributed by atoms with Gasteiger partial charge in [0, 0.05) is 32.1 Å². The van der Waals surface area contributed by atoms with Gasteiger partial charge >= 0.3 is 0 Å². The number of carbonyl (C=O) groups excluding carboxylic acids is 1. The molecular weight excluding hydrogens is 348 g/mol. The van der Waals surface area contributed by atoms with Crippen LogP contribution >= 0.6 is 0 Å². The first-order valence-electron chi connectivity index (χ1n) is 9.62. The van der Waals surface area contributed by atoms with E-state index in [0.29, 0.717) is 31.1 Å². The minimum absolute atomic E-state index is 0.0453. The lowest BCUT2D eigenvalue weighted by Gasteiger charge is -2.33. The summed E-state index contributed by atoms with van der Waals surface area (Å²) in [7, 11) is -3.47. The molecule has 3 aliphatic rings. The summed E-state index contributed by atoms with van der Waals surface area (Å²) in [6, 6.07) is 5.55. The van der Waals surface area contributed by atoms with E-state index in [0.717, 1.165) is 49.7 Å². The van der Waals surface area contributed by atoms with Crippen molar-refractivity contribution in [2.24, 2.45) is 5.92 Å². The molecule has 1 unspecified atom stereocenters. The summed E-state index contributed by atoms with van der Waals surface area (Å²) in [5, 5.41) is 0. The Bertz CT molecular complexity index is 825. The molecule has 5 nitrogen and oxygen atoms in total. The van der Waals surface area contributed by atoms with Gasteiger partial charge in [-0.25, -0.2) is 8.42 Å². The molecule has 26 heavy (non-hydrogen) atoms. The van der Waals surface area contributed by atoms with Crippen LogP contribution in [-0.2, 0) is 27.8 Å². The van der Waals surface area contributed by atoms with Gasteiger partial charge in [0.1, 0.15) is 0 Å². The minimum atomic E-state index is -3.47. The lowest BCUT2D eigenvalue weighted by Crippen LogP contribution is -2.41. The van der Waals surface area contributed by atoms with Gasteiger partial charge in [-0.05, 0) is 55.7 Å². The summed E-state index contributed by atoms with van der Waals surface area (Å²) in [6.45, 7) is 2.29. The number of hydrogen-bond acceptors (Lipinski definition) is 3. The predicted molar refractivity (Wildman–Crippen MR) is 100 cm³/mol. The van der Waals surface area contributed by atoms with E-state index in [2.05, 4.69) is 12.2 Å². The average molecular weight is 375 g/mol. The van der Waals surface area contributed by atoms with E-state index >= 15 is 0 Å². The second kappa shape index (κ2) is 7.16. The lowest BCUT2D eigenvalue weighted by atomic mass is 9.91. The van der Waals surface area contributed by atoms with Gasteiger partial charge in [0.25, 0.3) is 0 Å². The summed E-state index contributed by atoms with van der Waals surface area (Å²) in [5.41, 5.74) is 1.89. The Labute approximate surface area is 155 Å². The third-order valence-corrected chi connectivity index (χ3v) is 7.83. The predicted octanol–water partition coefficient (Wildman–Crippen LogP) is 2.71. The molecule has 0 radical (unpaired) electrons. The Morgan fingerprint density at radius 2 is 1.88 bits per heavy atom. The summed E-state index contributed by atoms with van der Waals surface area (Å²) in [5.74, 6) is 0.220. The van der Waals surface area contributed by atoms with Crippen LogP contribution in [0.3, 0.4) is 0 Å². The molecule has 6 heteroatoms. The fourth-order valence-electron chi connectivity index (χ4n) is 4.32. The second-order valence-corrected chi connectivity index (χ2v) is 9.40. The van der Waals surface area contributed by atoms with Gasteiger partial charge in [-0.3, -0.25) is 4.79 Å². The quantitative estimate of drug-likeness (QED) is 0.765. The topological polar surface area (TPSA) is 57.7 Å². The highest BCUT2D eigenvalue weighted by Gasteiger charge is 2.33. The number of amides is 1. The second-order valence-electron chi connectivity index (χ2n) is 7.50. The van der Waals surface area contributed by atoms with Crippen LogP contribution in [0.4, 0.5) is 0 Å². The van der Waals surface area contributed by atoms with E-state index in [-0.39, 0.29) is 11.8 Å². The summed E-state index contributed by atoms with van der Waals surface area (Å²) in [4.78, 5) is 15.2. The minimum Gasteiger partial charge on any atom is -0.338 e. The SMILES string of the molecule is O=C(C1CC=CCC1)N1CCc2cccc(S(=O)(=O)N3CCCC3)c2C1. The zero-order valence-corrected chi connectivity index (χ0v) is 15.9. The molecule has 1 fully saturated rings. The maximum absolute atomic E-state index is 13.1. The Morgan fingerprint density at radius 3 is 2.62 bits per heavy atom. The maximum atomic E-state index is 13.1. The van der Waals surface area contributed by atoms with Gasteiger partial charge in [-0.15, -0.1) is 0 Å². The van der Waals surface area contributed by atoms with Gasteiger partial charge in [0.05, 0.1) is 4.90 Å². The number of sulfonamides is 1. The van der Waals surface area contributed by atoms with E-state index in [1.165, 1.54) is 0 Å². The first kappa shape index (κ1) is 17.7. The molecular formula is C20H26N2O3S. The Hall–Kier alpha value is -1.66. The van der Waals surface area contributed by atoms with Gasteiger partial charge in [0.15, 0.2) is 0 Å². The van der Waals surface area contributed by atoms with Gasteiger partial charge in [-0.1, -0.05) is 24.3 Å². The fourth-order valence-corrected chi connectivity index (χ4v) is 6.10. The highest BCUT2D eigenvalue weighted by molar-refractivity contribution is 7.89. The molecule has 140 valence electrons. The summed E-state index contributed by atoms with van der Waals surface area (Å²) in [6.07, 6.45) is 9.45. The van der Waals surface area contributed by atoms with Crippen molar-refractivity contribution in [2.45, 2.75) is 50.0 Å². The van der Waals surface area contributed by atoms with Crippen molar-refractivity contribution in [3.63, 3.8) is 0 Å². The van der Waals surface area contributed by atoms with Crippen LogP contribution in [0.5, 0.6) is 0 Å². The Morgan fingerprint density at radius 1 is 1.08 bits per heavy atom. The van der Waals surface area contributed by atoms with Gasteiger partial charge < -0.3 is 4.90 Å². The van der Waals surface area contributed by atoms with Crippen LogP contribution < -0.4 is 0 Å². The van der Waals surface area contributed by atoms with Crippen molar-refractivity contribution in [1.82, 2.24) is 9.21 Å². The molecule has 4 rings (SSSR count). The van der Waals surface area contributed by atoms with Gasteiger partial charge in [0.2, 0.25) is 15.9 Å². The molecule has 0 saturated carbocycles. The monoisotopic (exact) mass is 374 g/mol. The Balaban J connectivity index is 1.62. The number of allylic oxidation sites excluding steroid dienone is 2. The van der Waals surface area contributed by atoms with Crippen LogP contribution in [-0.4, -0.2) is 43.2 Å². The molecule has 0 bridgehead atoms. The third-order valence-electron chi connectivity index (χ3n) is 5.84. The molecule has 0 spiro atoms. The van der Waals surface area contributed by atoms with Crippen molar-refractivity contribution >= 4 is 15.9 Å². The average Bonchev–Trinajstić information content (AvgIpc) is 3.23. The number of nitrogens with zero attached hydrogens (tertiary/aromatic N) is 2. The van der Waals surface area contributed by atoms with E-state index in [1.54, 1.807) is 10.4 Å². The number of rotatable bonds is 3. The Kier molecular flexibility index (Phi) is 4.88. The molecule has 2 heterocycles. The zero-order valence-electron chi connectivity index (χ0n) is 15.1. The van der Waals surface area contributed by atoms with E-state index in [9.17, 15) is 13.2 Å². The molecule has 1 amide bonds. The molecule has 2 aliphatic heterocycles. The standard InChI is InChI=1S/C20H26N2O3S/c23-20(17-7-2-1-3-8-17)21-14-11-16-9-6-10-19(18(16)15-21)26(24,25)22-12-4-5-13-22/h1-2,6,9-10,17H,3-5,7-8,11-15H2. The molecule has 1 atom stereocenters. The van der Waals surface area contributed by atoms with E-state index < -0.39 is 10.0 Å². The van der Waals surface area contributed by atoms with Gasteiger partial charge in [-0.2, -0.15) is 4.31 Å². The molecule has 0 aromatic heterocycles. The van der Waals surface area contributed by atoms with Crippen molar-refractivity contribution in [1.29, 1.82) is 0 Å². The molecule has 1 aromatic rings. The lowest BCUT2D eigenvalue weighted by molar-refractivity contribution is -0.136. The van der Waals surface area contributed by atoms with Crippen molar-refractivity contribution in [3.05, 3.63) is 41.5 Å². The number of benzene rings is 1. The van der Waals surface area contributed by atoms with Crippen molar-refractivity contribution in [2.75, 3.05) is 19.6 Å². The van der Waals surface area contributed by atoms with Crippen LogP contribution in [0.2, 0.25) is 0 Å². The maximum Gasteiger partial charge on any atom is 0.243 e. The van der Waals surface area contributed by atoms with E-state index in [4.69, 9.17) is 0 Å². The van der Waals surface area contributed by atoms with Crippen LogP contribution in [0.1, 0.15) is 43.2 Å². The highest BCUT2D eigenvalue weighted by atomic mass is 32.2. The normalized spacial score (nSPS) is 23.8. The fraction of sp³-hybridized carbons (Fsp3) is 0.550. The number of fused-ring (bicyclic) bond motifs is 1. The largest absolute Gasteiger partial charge is 0.338 e. The van der Waals surface area contributed by atoms with Crippen molar-refractivity contribution < 1.29 is 13.2 Å². The highest BCUT2D eigenvalue weighted by Crippen LogP contribution is 2.31. The van der Waals surface area contributed by atoms with Crippen LogP contribution in [0.15, 0.2) is 35.2 Å². The summed E-state index contributed by atoms with van der Waals surface area (Å²) >= 11 is 0. The molecule has 1 aliphatic carbocycles. The summed E-state index contributed by atoms with van der Waals surface area (Å²) < 4.78 is 27.8. The number of carbonyl (C=O) groups is 1. The van der Waals surface area contributed by atoms with Crippen molar-refractivity contribution in [3.8, 4) is 0 Å². The van der Waals surface area contributed by atoms with E-state index in [1.807, 2.05) is 17.0 Å². The molecule has 0 N–H and O–H groups in total. The zero-order chi connectivity index (χ0) is 18.1. The van der Waals surface area contributed by atoms with Crippen LogP contribution in [0, 0.1) is 5.92 Å². The third kappa shape index (κ3) is 3.21. The first-order valence-corrected chi connectivity index (χ1v) is 11.1. The molecule has 1 saturated heterocycles.